The Kier molecular flexibility index (Phi) is 2.21. The van der Waals surface area contributed by atoms with E-state index in [4.69, 9.17) is 0 Å². The topological polar surface area (TPSA) is 28.2 Å². The van der Waals surface area contributed by atoms with Crippen LogP contribution in [0.15, 0.2) is 18.5 Å². The van der Waals surface area contributed by atoms with Gasteiger partial charge in [-0.3, -0.25) is 9.88 Å². The molecule has 88 valence electrons. The Hall–Kier alpha value is -0.970. The molecule has 4 heteroatoms. The van der Waals surface area contributed by atoms with Crippen molar-refractivity contribution in [3.63, 3.8) is 0 Å². The summed E-state index contributed by atoms with van der Waals surface area (Å²) in [6.07, 6.45) is 5.15. The van der Waals surface area contributed by atoms with Gasteiger partial charge in [0.05, 0.1) is 4.70 Å². The van der Waals surface area contributed by atoms with Gasteiger partial charge in [-0.2, -0.15) is 0 Å². The molecule has 1 saturated heterocycles. The number of piperazine rings is 1. The van der Waals surface area contributed by atoms with Crippen LogP contribution in [0.3, 0.4) is 0 Å². The Morgan fingerprint density at radius 3 is 3.41 bits per heavy atom. The summed E-state index contributed by atoms with van der Waals surface area (Å²) in [6.45, 7) is 4.64. The second-order valence-corrected chi connectivity index (χ2v) is 5.95. The van der Waals surface area contributed by atoms with Gasteiger partial charge in [0.1, 0.15) is 0 Å². The first-order valence-corrected chi connectivity index (χ1v) is 7.05. The molecule has 0 amide bonds. The number of nitrogens with zero attached hydrogens (tertiary/aromatic N) is 2. The molecule has 0 radical (unpaired) electrons. The Balaban J connectivity index is 1.92. The third-order valence-electron chi connectivity index (χ3n) is 3.92. The predicted octanol–water partition coefficient (Wildman–Crippen LogP) is 1.80. The van der Waals surface area contributed by atoms with Crippen molar-refractivity contribution in [3.8, 4) is 0 Å². The maximum atomic E-state index is 4.24. The molecule has 0 aliphatic carbocycles. The third-order valence-corrected chi connectivity index (χ3v) is 5.14. The molecule has 4 rings (SSSR count). The van der Waals surface area contributed by atoms with Crippen molar-refractivity contribution in [2.45, 2.75) is 12.5 Å². The molecule has 4 heterocycles. The van der Waals surface area contributed by atoms with Crippen LogP contribution in [0.25, 0.3) is 10.1 Å². The minimum Gasteiger partial charge on any atom is -0.314 e. The van der Waals surface area contributed by atoms with Gasteiger partial charge in [-0.1, -0.05) is 0 Å². The van der Waals surface area contributed by atoms with Crippen LogP contribution >= 0.6 is 11.3 Å². The molecule has 1 N–H and O–H groups in total. The zero-order valence-corrected chi connectivity index (χ0v) is 10.5. The monoisotopic (exact) mass is 245 g/mol. The minimum atomic E-state index is 0.587. The van der Waals surface area contributed by atoms with E-state index in [2.05, 4.69) is 21.3 Å². The lowest BCUT2D eigenvalue weighted by molar-refractivity contribution is 0.154. The predicted molar refractivity (Wildman–Crippen MR) is 70.5 cm³/mol. The van der Waals surface area contributed by atoms with E-state index in [1.165, 1.54) is 29.6 Å². The summed E-state index contributed by atoms with van der Waals surface area (Å²) < 4.78 is 1.35. The van der Waals surface area contributed by atoms with Crippen LogP contribution in [0, 0.1) is 0 Å². The first-order valence-electron chi connectivity index (χ1n) is 6.23. The number of nitrogens with one attached hydrogen (secondary N) is 1. The minimum absolute atomic E-state index is 0.587. The lowest BCUT2D eigenvalue weighted by Crippen LogP contribution is -2.48. The van der Waals surface area contributed by atoms with Crippen molar-refractivity contribution in [2.75, 3.05) is 26.2 Å². The maximum Gasteiger partial charge on any atom is 0.0532 e. The fraction of sp³-hybridized carbons (Fsp3) is 0.462. The smallest absolute Gasteiger partial charge is 0.0532 e. The number of hydrogen-bond acceptors (Lipinski definition) is 4. The van der Waals surface area contributed by atoms with Crippen LogP contribution in [0.5, 0.6) is 0 Å². The van der Waals surface area contributed by atoms with Gasteiger partial charge < -0.3 is 5.32 Å². The summed E-state index contributed by atoms with van der Waals surface area (Å²) in [5, 5.41) is 4.96. The normalized spacial score (nSPS) is 24.6. The molecule has 1 atom stereocenters. The molecule has 2 aromatic rings. The largest absolute Gasteiger partial charge is 0.314 e. The highest BCUT2D eigenvalue weighted by atomic mass is 32.1. The number of fused-ring (bicyclic) bond motifs is 5. The van der Waals surface area contributed by atoms with Crippen molar-refractivity contribution < 1.29 is 0 Å². The van der Waals surface area contributed by atoms with E-state index < -0.39 is 0 Å². The molecule has 17 heavy (non-hydrogen) atoms. The average molecular weight is 245 g/mol. The highest BCUT2D eigenvalue weighted by Crippen LogP contribution is 2.40. The third kappa shape index (κ3) is 1.44. The van der Waals surface area contributed by atoms with E-state index in [0.29, 0.717) is 6.04 Å². The molecule has 0 bridgehead atoms. The van der Waals surface area contributed by atoms with E-state index >= 15 is 0 Å². The zero-order chi connectivity index (χ0) is 11.2. The van der Waals surface area contributed by atoms with Gasteiger partial charge in [-0.05, 0) is 18.1 Å². The average Bonchev–Trinajstić information content (AvgIpc) is 2.77. The summed E-state index contributed by atoms with van der Waals surface area (Å²) in [4.78, 5) is 8.45. The summed E-state index contributed by atoms with van der Waals surface area (Å²) in [5.41, 5.74) is 1.57. The van der Waals surface area contributed by atoms with Crippen molar-refractivity contribution in [1.82, 2.24) is 15.2 Å². The fourth-order valence-corrected chi connectivity index (χ4v) is 4.33. The van der Waals surface area contributed by atoms with Crippen molar-refractivity contribution in [2.24, 2.45) is 0 Å². The summed E-state index contributed by atoms with van der Waals surface area (Å²) in [7, 11) is 0. The summed E-state index contributed by atoms with van der Waals surface area (Å²) in [5.74, 6) is 0. The number of hydrogen-bond donors (Lipinski definition) is 1. The van der Waals surface area contributed by atoms with Crippen molar-refractivity contribution >= 4 is 21.4 Å². The number of pyridine rings is 1. The van der Waals surface area contributed by atoms with E-state index in [1.54, 1.807) is 10.4 Å². The first-order chi connectivity index (χ1) is 8.43. The van der Waals surface area contributed by atoms with Gasteiger partial charge in [0, 0.05) is 54.9 Å². The van der Waals surface area contributed by atoms with Crippen LogP contribution in [0.4, 0.5) is 0 Å². The molecule has 1 unspecified atom stereocenters. The van der Waals surface area contributed by atoms with E-state index in [1.807, 2.05) is 23.7 Å². The Morgan fingerprint density at radius 1 is 1.41 bits per heavy atom. The second-order valence-electron chi connectivity index (χ2n) is 4.82. The molecule has 3 nitrogen and oxygen atoms in total. The Bertz CT molecular complexity index is 563. The van der Waals surface area contributed by atoms with Crippen molar-refractivity contribution in [3.05, 3.63) is 28.9 Å². The molecule has 2 aliphatic rings. The molecule has 0 saturated carbocycles. The number of aromatic nitrogens is 1. The van der Waals surface area contributed by atoms with Gasteiger partial charge in [-0.25, -0.2) is 0 Å². The van der Waals surface area contributed by atoms with Crippen LogP contribution in [0.2, 0.25) is 0 Å². The van der Waals surface area contributed by atoms with E-state index in [9.17, 15) is 0 Å². The van der Waals surface area contributed by atoms with Gasteiger partial charge in [0.25, 0.3) is 0 Å². The molecule has 1 fully saturated rings. The summed E-state index contributed by atoms with van der Waals surface area (Å²) >= 11 is 1.94. The van der Waals surface area contributed by atoms with Crippen molar-refractivity contribution in [1.29, 1.82) is 0 Å². The SMILES string of the molecule is c1cc2c3c(sc2cn1)CCN1CCNCC31. The lowest BCUT2D eigenvalue weighted by Gasteiger charge is -2.39. The fourth-order valence-electron chi connectivity index (χ4n) is 3.12. The van der Waals surface area contributed by atoms with E-state index in [-0.39, 0.29) is 0 Å². The van der Waals surface area contributed by atoms with Crippen LogP contribution in [0.1, 0.15) is 16.5 Å². The van der Waals surface area contributed by atoms with Gasteiger partial charge >= 0.3 is 0 Å². The van der Waals surface area contributed by atoms with Crippen LogP contribution in [-0.4, -0.2) is 36.1 Å². The Morgan fingerprint density at radius 2 is 2.41 bits per heavy atom. The molecule has 2 aliphatic heterocycles. The standard InChI is InChI=1S/C13H15N3S/c1-3-14-8-12-9(1)13-10-7-15-4-6-16(10)5-2-11(13)17-12/h1,3,8,10,15H,2,4-7H2. The summed E-state index contributed by atoms with van der Waals surface area (Å²) in [6, 6.07) is 2.77. The first kappa shape index (κ1) is 10.00. The maximum absolute atomic E-state index is 4.24. The number of thiophene rings is 1. The number of rotatable bonds is 0. The van der Waals surface area contributed by atoms with E-state index in [0.717, 1.165) is 13.1 Å². The van der Waals surface area contributed by atoms with Gasteiger partial charge in [0.15, 0.2) is 0 Å². The molecule has 0 spiro atoms. The quantitative estimate of drug-likeness (QED) is 0.767. The highest BCUT2D eigenvalue weighted by molar-refractivity contribution is 7.19. The molecule has 0 aromatic carbocycles. The molecule has 2 aromatic heterocycles. The molecular weight excluding hydrogens is 230 g/mol. The lowest BCUT2D eigenvalue weighted by atomic mass is 9.95. The second kappa shape index (κ2) is 3.77. The Labute approximate surface area is 104 Å². The van der Waals surface area contributed by atoms with Crippen LogP contribution in [-0.2, 0) is 6.42 Å². The van der Waals surface area contributed by atoms with Gasteiger partial charge in [0.2, 0.25) is 0 Å². The zero-order valence-electron chi connectivity index (χ0n) is 9.65. The molecular formula is C13H15N3S. The van der Waals surface area contributed by atoms with Crippen LogP contribution < -0.4 is 5.32 Å². The van der Waals surface area contributed by atoms with Gasteiger partial charge in [-0.15, -0.1) is 11.3 Å². The highest BCUT2D eigenvalue weighted by Gasteiger charge is 2.32.